The topological polar surface area (TPSA) is 24.1 Å². The Morgan fingerprint density at radius 2 is 1.75 bits per heavy atom. The van der Waals surface area contributed by atoms with E-state index in [1.54, 1.807) is 0 Å². The molecule has 2 atom stereocenters. The van der Waals surface area contributed by atoms with E-state index in [0.717, 1.165) is 18.4 Å². The molecule has 16 heavy (non-hydrogen) atoms. The molecule has 0 spiro atoms. The smallest absolute Gasteiger partial charge is 0.0218 e. The van der Waals surface area contributed by atoms with Gasteiger partial charge >= 0.3 is 0 Å². The minimum absolute atomic E-state index is 0.523. The molecule has 94 valence electrons. The lowest BCUT2D eigenvalue weighted by Gasteiger charge is -2.16. The first kappa shape index (κ1) is 12.4. The number of nitrogens with one attached hydrogen (secondary N) is 2. The van der Waals surface area contributed by atoms with Gasteiger partial charge in [0.1, 0.15) is 0 Å². The van der Waals surface area contributed by atoms with Crippen LogP contribution in [0.4, 0.5) is 0 Å². The first-order valence-electron chi connectivity index (χ1n) is 6.81. The van der Waals surface area contributed by atoms with Crippen LogP contribution in [0.15, 0.2) is 0 Å². The molecule has 1 aliphatic carbocycles. The van der Waals surface area contributed by atoms with Crippen LogP contribution in [0, 0.1) is 22.7 Å². The van der Waals surface area contributed by atoms with Crippen molar-refractivity contribution in [1.82, 2.24) is 10.6 Å². The van der Waals surface area contributed by atoms with E-state index >= 15 is 0 Å². The van der Waals surface area contributed by atoms with E-state index in [1.807, 2.05) is 0 Å². The third kappa shape index (κ3) is 1.91. The van der Waals surface area contributed by atoms with E-state index in [-0.39, 0.29) is 0 Å². The highest BCUT2D eigenvalue weighted by atomic mass is 15.0. The maximum Gasteiger partial charge on any atom is 0.0218 e. The molecule has 2 heteroatoms. The summed E-state index contributed by atoms with van der Waals surface area (Å²) < 4.78 is 0. The molecular weight excluding hydrogens is 196 g/mol. The summed E-state index contributed by atoms with van der Waals surface area (Å²) >= 11 is 0. The van der Waals surface area contributed by atoms with E-state index in [9.17, 15) is 0 Å². The maximum atomic E-state index is 3.67. The molecule has 0 aromatic heterocycles. The van der Waals surface area contributed by atoms with Crippen molar-refractivity contribution in [3.05, 3.63) is 0 Å². The van der Waals surface area contributed by atoms with Crippen LogP contribution in [0.2, 0.25) is 0 Å². The fourth-order valence-electron chi connectivity index (χ4n) is 3.40. The second-order valence-corrected chi connectivity index (χ2v) is 6.98. The number of hydrogen-bond acceptors (Lipinski definition) is 2. The Kier molecular flexibility index (Phi) is 3.09. The van der Waals surface area contributed by atoms with Crippen molar-refractivity contribution in [3.63, 3.8) is 0 Å². The Morgan fingerprint density at radius 1 is 1.12 bits per heavy atom. The molecule has 1 saturated carbocycles. The summed E-state index contributed by atoms with van der Waals surface area (Å²) in [5.41, 5.74) is 1.05. The van der Waals surface area contributed by atoms with Crippen LogP contribution >= 0.6 is 0 Å². The summed E-state index contributed by atoms with van der Waals surface area (Å²) in [5.74, 6) is 1.68. The highest BCUT2D eigenvalue weighted by Crippen LogP contribution is 2.67. The molecule has 0 radical (unpaired) electrons. The molecule has 0 bridgehead atoms. The Balaban J connectivity index is 1.70. The van der Waals surface area contributed by atoms with Gasteiger partial charge in [0.25, 0.3) is 0 Å². The van der Waals surface area contributed by atoms with Gasteiger partial charge in [-0.25, -0.2) is 0 Å². The standard InChI is InChI=1S/C14H28N2/c1-10-6-7-16-11(10)8-15-9-12-13(2,3)14(12,4)5/h10-12,15-16H,6-9H2,1-5H3. The third-order valence-corrected chi connectivity index (χ3v) is 5.73. The molecule has 0 amide bonds. The molecule has 2 fully saturated rings. The zero-order chi connectivity index (χ0) is 12.0. The first-order chi connectivity index (χ1) is 7.37. The third-order valence-electron chi connectivity index (χ3n) is 5.73. The Labute approximate surface area is 101 Å². The van der Waals surface area contributed by atoms with Gasteiger partial charge in [-0.1, -0.05) is 34.6 Å². The maximum absolute atomic E-state index is 3.67. The van der Waals surface area contributed by atoms with Crippen LogP contribution in [0.5, 0.6) is 0 Å². The predicted octanol–water partition coefficient (Wildman–Crippen LogP) is 2.26. The van der Waals surface area contributed by atoms with Crippen molar-refractivity contribution in [2.75, 3.05) is 19.6 Å². The molecule has 1 saturated heterocycles. The van der Waals surface area contributed by atoms with Gasteiger partial charge in [-0.2, -0.15) is 0 Å². The van der Waals surface area contributed by atoms with Gasteiger partial charge in [0.2, 0.25) is 0 Å². The van der Waals surface area contributed by atoms with Crippen molar-refractivity contribution in [2.45, 2.75) is 47.1 Å². The molecule has 0 aromatic carbocycles. The van der Waals surface area contributed by atoms with Gasteiger partial charge in [0, 0.05) is 12.6 Å². The van der Waals surface area contributed by atoms with Gasteiger partial charge in [-0.05, 0) is 42.2 Å². The van der Waals surface area contributed by atoms with Crippen LogP contribution in [0.1, 0.15) is 41.0 Å². The molecule has 2 rings (SSSR count). The zero-order valence-corrected chi connectivity index (χ0v) is 11.6. The highest BCUT2D eigenvalue weighted by molar-refractivity contribution is 5.12. The second kappa shape index (κ2) is 3.99. The summed E-state index contributed by atoms with van der Waals surface area (Å²) in [5, 5.41) is 7.25. The van der Waals surface area contributed by atoms with E-state index in [2.05, 4.69) is 45.3 Å². The van der Waals surface area contributed by atoms with Crippen LogP contribution in [-0.2, 0) is 0 Å². The largest absolute Gasteiger partial charge is 0.315 e. The van der Waals surface area contributed by atoms with Gasteiger partial charge < -0.3 is 10.6 Å². The molecular formula is C14H28N2. The lowest BCUT2D eigenvalue weighted by molar-refractivity contribution is 0.430. The summed E-state index contributed by atoms with van der Waals surface area (Å²) in [7, 11) is 0. The van der Waals surface area contributed by atoms with Crippen molar-refractivity contribution in [3.8, 4) is 0 Å². The van der Waals surface area contributed by atoms with Gasteiger partial charge in [-0.3, -0.25) is 0 Å². The molecule has 2 N–H and O–H groups in total. The summed E-state index contributed by atoms with van der Waals surface area (Å²) in [6.45, 7) is 15.5. The van der Waals surface area contributed by atoms with Gasteiger partial charge in [-0.15, -0.1) is 0 Å². The SMILES string of the molecule is CC1CCNC1CNCC1C(C)(C)C1(C)C. The fraction of sp³-hybridized carbons (Fsp3) is 1.00. The van der Waals surface area contributed by atoms with E-state index < -0.39 is 0 Å². The second-order valence-electron chi connectivity index (χ2n) is 6.98. The lowest BCUT2D eigenvalue weighted by atomic mass is 10.0. The van der Waals surface area contributed by atoms with Crippen molar-refractivity contribution in [1.29, 1.82) is 0 Å². The van der Waals surface area contributed by atoms with Crippen molar-refractivity contribution in [2.24, 2.45) is 22.7 Å². The average molecular weight is 224 g/mol. The Hall–Kier alpha value is -0.0800. The first-order valence-corrected chi connectivity index (χ1v) is 6.81. The van der Waals surface area contributed by atoms with Crippen LogP contribution in [-0.4, -0.2) is 25.7 Å². The summed E-state index contributed by atoms with van der Waals surface area (Å²) in [6, 6.07) is 0.699. The molecule has 1 aliphatic heterocycles. The molecule has 2 nitrogen and oxygen atoms in total. The molecule has 1 heterocycles. The lowest BCUT2D eigenvalue weighted by Crippen LogP contribution is -2.38. The summed E-state index contributed by atoms with van der Waals surface area (Å²) in [4.78, 5) is 0. The van der Waals surface area contributed by atoms with Crippen molar-refractivity contribution < 1.29 is 0 Å². The monoisotopic (exact) mass is 224 g/mol. The Bertz CT molecular complexity index is 243. The summed E-state index contributed by atoms with van der Waals surface area (Å²) in [6.07, 6.45) is 1.34. The molecule has 0 aromatic rings. The average Bonchev–Trinajstić information content (AvgIpc) is 2.52. The predicted molar refractivity (Wildman–Crippen MR) is 69.5 cm³/mol. The van der Waals surface area contributed by atoms with Crippen LogP contribution < -0.4 is 10.6 Å². The quantitative estimate of drug-likeness (QED) is 0.765. The highest BCUT2D eigenvalue weighted by Gasteiger charge is 2.63. The van der Waals surface area contributed by atoms with E-state index in [0.29, 0.717) is 16.9 Å². The minimum Gasteiger partial charge on any atom is -0.315 e. The van der Waals surface area contributed by atoms with Gasteiger partial charge in [0.15, 0.2) is 0 Å². The molecule has 2 unspecified atom stereocenters. The van der Waals surface area contributed by atoms with Crippen LogP contribution in [0.3, 0.4) is 0 Å². The minimum atomic E-state index is 0.523. The van der Waals surface area contributed by atoms with Gasteiger partial charge in [0.05, 0.1) is 0 Å². The normalized spacial score (nSPS) is 36.6. The number of hydrogen-bond donors (Lipinski definition) is 2. The Morgan fingerprint density at radius 3 is 2.19 bits per heavy atom. The fourth-order valence-corrected chi connectivity index (χ4v) is 3.40. The number of rotatable bonds is 4. The van der Waals surface area contributed by atoms with Crippen LogP contribution in [0.25, 0.3) is 0 Å². The van der Waals surface area contributed by atoms with E-state index in [1.165, 1.54) is 19.5 Å². The molecule has 2 aliphatic rings. The van der Waals surface area contributed by atoms with Crippen molar-refractivity contribution >= 4 is 0 Å². The van der Waals surface area contributed by atoms with E-state index in [4.69, 9.17) is 0 Å². The zero-order valence-electron chi connectivity index (χ0n) is 11.6.